The van der Waals surface area contributed by atoms with Gasteiger partial charge in [-0.25, -0.2) is 0 Å². The Morgan fingerprint density at radius 2 is 1.83 bits per heavy atom. The molecule has 0 atom stereocenters. The normalized spacial score (nSPS) is 10.2. The van der Waals surface area contributed by atoms with Crippen LogP contribution in [-0.2, 0) is 0 Å². The summed E-state index contributed by atoms with van der Waals surface area (Å²) in [5, 5.41) is 2.91. The fourth-order valence-corrected chi connectivity index (χ4v) is 2.44. The molecular weight excluding hydrogens is 290 g/mol. The van der Waals surface area contributed by atoms with Gasteiger partial charge in [0.1, 0.15) is 0 Å². The number of carbonyl (C=O) groups is 1. The predicted molar refractivity (Wildman–Crippen MR) is 78.0 cm³/mol. The maximum Gasteiger partial charge on any atom is 0.255 e. The third-order valence-corrected chi connectivity index (χ3v) is 3.15. The van der Waals surface area contributed by atoms with Crippen LogP contribution in [0.3, 0.4) is 0 Å². The Labute approximate surface area is 115 Å². The first kappa shape index (κ1) is 12.8. The Bertz CT molecular complexity index is 573. The van der Waals surface area contributed by atoms with Gasteiger partial charge in [0.2, 0.25) is 0 Å². The van der Waals surface area contributed by atoms with Gasteiger partial charge in [-0.2, -0.15) is 0 Å². The minimum Gasteiger partial charge on any atom is -0.322 e. The van der Waals surface area contributed by atoms with Crippen molar-refractivity contribution in [3.8, 4) is 0 Å². The van der Waals surface area contributed by atoms with Crippen molar-refractivity contribution in [1.29, 1.82) is 0 Å². The van der Waals surface area contributed by atoms with Crippen LogP contribution in [0.4, 0.5) is 5.69 Å². The number of hydrogen-bond acceptors (Lipinski definition) is 1. The summed E-state index contributed by atoms with van der Waals surface area (Å²) in [7, 11) is 0. The highest BCUT2D eigenvalue weighted by Crippen LogP contribution is 2.20. The van der Waals surface area contributed by atoms with Gasteiger partial charge < -0.3 is 5.32 Å². The molecule has 92 valence electrons. The quantitative estimate of drug-likeness (QED) is 0.879. The molecule has 2 aromatic carbocycles. The average molecular weight is 304 g/mol. The minimum atomic E-state index is -0.0781. The summed E-state index contributed by atoms with van der Waals surface area (Å²) >= 11 is 3.42. The van der Waals surface area contributed by atoms with Gasteiger partial charge in [-0.3, -0.25) is 4.79 Å². The van der Waals surface area contributed by atoms with Gasteiger partial charge in [0.15, 0.2) is 0 Å². The van der Waals surface area contributed by atoms with Crippen LogP contribution in [0, 0.1) is 13.8 Å². The Morgan fingerprint density at radius 1 is 1.11 bits per heavy atom. The number of carbonyl (C=O) groups excluding carboxylic acids is 1. The Kier molecular flexibility index (Phi) is 3.82. The number of nitrogens with one attached hydrogen (secondary N) is 1. The van der Waals surface area contributed by atoms with Crippen molar-refractivity contribution in [3.63, 3.8) is 0 Å². The lowest BCUT2D eigenvalue weighted by Crippen LogP contribution is -2.13. The fraction of sp³-hybridized carbons (Fsp3) is 0.133. The van der Waals surface area contributed by atoms with Crippen LogP contribution in [0.15, 0.2) is 46.9 Å². The van der Waals surface area contributed by atoms with E-state index < -0.39 is 0 Å². The molecule has 1 amide bonds. The second-order valence-electron chi connectivity index (χ2n) is 4.29. The summed E-state index contributed by atoms with van der Waals surface area (Å²) in [6.07, 6.45) is 0. The molecule has 2 nitrogen and oxygen atoms in total. The van der Waals surface area contributed by atoms with Crippen molar-refractivity contribution >= 4 is 27.5 Å². The molecule has 0 heterocycles. The number of aryl methyl sites for hydroxylation is 2. The zero-order valence-corrected chi connectivity index (χ0v) is 11.9. The van der Waals surface area contributed by atoms with E-state index in [0.717, 1.165) is 21.3 Å². The maximum absolute atomic E-state index is 12.1. The lowest BCUT2D eigenvalue weighted by atomic mass is 10.1. The third-order valence-electron chi connectivity index (χ3n) is 2.69. The molecule has 1 N–H and O–H groups in total. The smallest absolute Gasteiger partial charge is 0.255 e. The van der Waals surface area contributed by atoms with Gasteiger partial charge in [-0.15, -0.1) is 0 Å². The Morgan fingerprint density at radius 3 is 2.50 bits per heavy atom. The molecular formula is C15H14BrNO. The molecule has 0 aliphatic rings. The van der Waals surface area contributed by atoms with Gasteiger partial charge in [0, 0.05) is 15.7 Å². The monoisotopic (exact) mass is 303 g/mol. The second-order valence-corrected chi connectivity index (χ2v) is 5.20. The van der Waals surface area contributed by atoms with E-state index in [4.69, 9.17) is 0 Å². The molecule has 0 aromatic heterocycles. The third kappa shape index (κ3) is 2.99. The second kappa shape index (κ2) is 5.36. The van der Waals surface area contributed by atoms with E-state index in [9.17, 15) is 4.79 Å². The first-order chi connectivity index (χ1) is 8.56. The SMILES string of the molecule is Cc1cc(Br)cc(NC(=O)c2ccccc2C)c1. The number of rotatable bonds is 2. The van der Waals surface area contributed by atoms with E-state index in [0.29, 0.717) is 5.56 Å². The molecule has 0 spiro atoms. The van der Waals surface area contributed by atoms with Crippen LogP contribution in [0.25, 0.3) is 0 Å². The number of hydrogen-bond donors (Lipinski definition) is 1. The molecule has 3 heteroatoms. The average Bonchev–Trinajstić information content (AvgIpc) is 2.27. The summed E-state index contributed by atoms with van der Waals surface area (Å²) in [6.45, 7) is 3.93. The van der Waals surface area contributed by atoms with Crippen molar-refractivity contribution in [3.05, 3.63) is 63.6 Å². The van der Waals surface area contributed by atoms with Gasteiger partial charge in [-0.05, 0) is 49.2 Å². The van der Waals surface area contributed by atoms with E-state index in [1.54, 1.807) is 0 Å². The van der Waals surface area contributed by atoms with Crippen LogP contribution in [0.1, 0.15) is 21.5 Å². The first-order valence-corrected chi connectivity index (χ1v) is 6.50. The Hall–Kier alpha value is -1.61. The molecule has 0 radical (unpaired) electrons. The minimum absolute atomic E-state index is 0.0781. The molecule has 0 aliphatic heterocycles. The van der Waals surface area contributed by atoms with Crippen molar-refractivity contribution in [2.24, 2.45) is 0 Å². The zero-order chi connectivity index (χ0) is 13.1. The summed E-state index contributed by atoms with van der Waals surface area (Å²) < 4.78 is 0.961. The van der Waals surface area contributed by atoms with Crippen molar-refractivity contribution in [2.45, 2.75) is 13.8 Å². The van der Waals surface area contributed by atoms with Crippen molar-refractivity contribution < 1.29 is 4.79 Å². The highest BCUT2D eigenvalue weighted by atomic mass is 79.9. The van der Waals surface area contributed by atoms with Crippen LogP contribution >= 0.6 is 15.9 Å². The molecule has 2 aromatic rings. The van der Waals surface area contributed by atoms with Gasteiger partial charge in [0.25, 0.3) is 5.91 Å². The number of anilines is 1. The summed E-state index contributed by atoms with van der Waals surface area (Å²) in [4.78, 5) is 12.1. The van der Waals surface area contributed by atoms with E-state index in [1.807, 2.05) is 56.3 Å². The first-order valence-electron chi connectivity index (χ1n) is 5.70. The lowest BCUT2D eigenvalue weighted by molar-refractivity contribution is 0.102. The fourth-order valence-electron chi connectivity index (χ4n) is 1.83. The van der Waals surface area contributed by atoms with Crippen LogP contribution in [0.2, 0.25) is 0 Å². The number of halogens is 1. The topological polar surface area (TPSA) is 29.1 Å². The molecule has 2 rings (SSSR count). The van der Waals surface area contributed by atoms with Crippen LogP contribution in [0.5, 0.6) is 0 Å². The number of benzene rings is 2. The standard InChI is InChI=1S/C15H14BrNO/c1-10-7-12(16)9-13(8-10)17-15(18)14-6-4-3-5-11(14)2/h3-9H,1-2H3,(H,17,18). The molecule has 0 saturated heterocycles. The molecule has 0 aliphatic carbocycles. The summed E-state index contributed by atoms with van der Waals surface area (Å²) in [5.41, 5.74) is 3.58. The van der Waals surface area contributed by atoms with E-state index in [-0.39, 0.29) is 5.91 Å². The maximum atomic E-state index is 12.1. The lowest BCUT2D eigenvalue weighted by Gasteiger charge is -2.08. The summed E-state index contributed by atoms with van der Waals surface area (Å²) in [6, 6.07) is 13.4. The molecule has 0 bridgehead atoms. The van der Waals surface area contributed by atoms with Crippen molar-refractivity contribution in [2.75, 3.05) is 5.32 Å². The van der Waals surface area contributed by atoms with Crippen LogP contribution < -0.4 is 5.32 Å². The van der Waals surface area contributed by atoms with Gasteiger partial charge >= 0.3 is 0 Å². The molecule has 18 heavy (non-hydrogen) atoms. The van der Waals surface area contributed by atoms with Gasteiger partial charge in [-0.1, -0.05) is 34.1 Å². The van der Waals surface area contributed by atoms with E-state index >= 15 is 0 Å². The Balaban J connectivity index is 2.24. The van der Waals surface area contributed by atoms with Crippen LogP contribution in [-0.4, -0.2) is 5.91 Å². The highest BCUT2D eigenvalue weighted by molar-refractivity contribution is 9.10. The summed E-state index contributed by atoms with van der Waals surface area (Å²) in [5.74, 6) is -0.0781. The van der Waals surface area contributed by atoms with E-state index in [1.165, 1.54) is 0 Å². The molecule has 0 saturated carbocycles. The number of amides is 1. The zero-order valence-electron chi connectivity index (χ0n) is 10.3. The highest BCUT2D eigenvalue weighted by Gasteiger charge is 2.08. The van der Waals surface area contributed by atoms with E-state index in [2.05, 4.69) is 21.2 Å². The molecule has 0 unspecified atom stereocenters. The largest absolute Gasteiger partial charge is 0.322 e. The van der Waals surface area contributed by atoms with Gasteiger partial charge in [0.05, 0.1) is 0 Å². The molecule has 0 fully saturated rings. The van der Waals surface area contributed by atoms with Crippen molar-refractivity contribution in [1.82, 2.24) is 0 Å². The predicted octanol–water partition coefficient (Wildman–Crippen LogP) is 4.32.